The van der Waals surface area contributed by atoms with Crippen molar-refractivity contribution in [1.29, 1.82) is 0 Å². The van der Waals surface area contributed by atoms with Crippen LogP contribution in [0.15, 0.2) is 42.6 Å². The second-order valence-electron chi connectivity index (χ2n) is 4.36. The largest absolute Gasteiger partial charge is 0.484 e. The lowest BCUT2D eigenvalue weighted by Gasteiger charge is -2.09. The number of hydrogen-bond acceptors (Lipinski definition) is 4. The van der Waals surface area contributed by atoms with Crippen molar-refractivity contribution in [2.75, 3.05) is 11.9 Å². The molecule has 21 heavy (non-hydrogen) atoms. The molecule has 0 aliphatic heterocycles. The Labute approximate surface area is 128 Å². The Kier molecular flexibility index (Phi) is 4.84. The van der Waals surface area contributed by atoms with Crippen LogP contribution in [0.4, 0.5) is 5.69 Å². The minimum Gasteiger partial charge on any atom is -0.484 e. The van der Waals surface area contributed by atoms with Gasteiger partial charge in [0.2, 0.25) is 0 Å². The summed E-state index contributed by atoms with van der Waals surface area (Å²) in [6, 6.07) is 10.5. The van der Waals surface area contributed by atoms with E-state index < -0.39 is 0 Å². The highest BCUT2D eigenvalue weighted by Crippen LogP contribution is 2.13. The Hall–Kier alpha value is -2.47. The first-order chi connectivity index (χ1) is 10.1. The van der Waals surface area contributed by atoms with Crippen molar-refractivity contribution in [1.82, 2.24) is 4.98 Å². The van der Waals surface area contributed by atoms with Gasteiger partial charge in [-0.15, -0.1) is 0 Å². The van der Waals surface area contributed by atoms with Crippen LogP contribution < -0.4 is 15.8 Å². The fraction of sp³-hybridized carbons (Fsp3) is 0.133. The molecule has 6 heteroatoms. The number of rotatable bonds is 5. The van der Waals surface area contributed by atoms with Crippen LogP contribution in [0.25, 0.3) is 0 Å². The summed E-state index contributed by atoms with van der Waals surface area (Å²) in [5.41, 5.74) is 7.70. The molecule has 2 rings (SSSR count). The van der Waals surface area contributed by atoms with Gasteiger partial charge in [0.1, 0.15) is 10.7 Å². The summed E-state index contributed by atoms with van der Waals surface area (Å²) in [5.74, 6) is 0.331. The van der Waals surface area contributed by atoms with Crippen LogP contribution in [-0.4, -0.2) is 22.5 Å². The number of thiocarbonyl (C=S) groups is 1. The molecule has 1 amide bonds. The van der Waals surface area contributed by atoms with Gasteiger partial charge >= 0.3 is 0 Å². The summed E-state index contributed by atoms with van der Waals surface area (Å²) in [4.78, 5) is 16.2. The highest BCUT2D eigenvalue weighted by molar-refractivity contribution is 7.80. The third kappa shape index (κ3) is 4.25. The second-order valence-corrected chi connectivity index (χ2v) is 4.80. The first-order valence-electron chi connectivity index (χ1n) is 6.30. The number of anilines is 1. The molecule has 1 heterocycles. The van der Waals surface area contributed by atoms with E-state index in [1.165, 1.54) is 0 Å². The minimum atomic E-state index is -0.246. The van der Waals surface area contributed by atoms with Crippen LogP contribution >= 0.6 is 12.2 Å². The molecule has 0 aliphatic carbocycles. The number of amides is 1. The van der Waals surface area contributed by atoms with Gasteiger partial charge in [-0.1, -0.05) is 12.2 Å². The number of benzene rings is 1. The molecule has 0 unspecified atom stereocenters. The lowest BCUT2D eigenvalue weighted by atomic mass is 10.2. The summed E-state index contributed by atoms with van der Waals surface area (Å²) in [5, 5.41) is 2.74. The molecule has 0 saturated heterocycles. The number of aryl methyl sites for hydroxylation is 1. The molecule has 3 N–H and O–H groups in total. The van der Waals surface area contributed by atoms with Crippen LogP contribution in [0.3, 0.4) is 0 Å². The SMILES string of the molecule is Cc1ncccc1NC(=O)COc1ccc(C(N)=S)cc1. The number of carbonyl (C=O) groups is 1. The van der Waals surface area contributed by atoms with E-state index in [0.717, 1.165) is 11.3 Å². The van der Waals surface area contributed by atoms with Gasteiger partial charge in [0, 0.05) is 11.8 Å². The molecule has 108 valence electrons. The molecule has 2 aromatic rings. The van der Waals surface area contributed by atoms with Crippen molar-refractivity contribution in [2.24, 2.45) is 5.73 Å². The van der Waals surface area contributed by atoms with Gasteiger partial charge in [-0.05, 0) is 43.3 Å². The van der Waals surface area contributed by atoms with Crippen LogP contribution in [0, 0.1) is 6.92 Å². The molecule has 0 spiro atoms. The van der Waals surface area contributed by atoms with Gasteiger partial charge < -0.3 is 15.8 Å². The van der Waals surface area contributed by atoms with Crippen molar-refractivity contribution in [2.45, 2.75) is 6.92 Å². The molecular weight excluding hydrogens is 286 g/mol. The topological polar surface area (TPSA) is 77.2 Å². The van der Waals surface area contributed by atoms with Crippen LogP contribution in [0.2, 0.25) is 0 Å². The lowest BCUT2D eigenvalue weighted by Crippen LogP contribution is -2.20. The zero-order valence-electron chi connectivity index (χ0n) is 11.5. The Morgan fingerprint density at radius 3 is 2.67 bits per heavy atom. The number of nitrogens with zero attached hydrogens (tertiary/aromatic N) is 1. The molecule has 1 aromatic heterocycles. The van der Waals surface area contributed by atoms with E-state index >= 15 is 0 Å². The lowest BCUT2D eigenvalue weighted by molar-refractivity contribution is -0.118. The summed E-state index contributed by atoms with van der Waals surface area (Å²) in [6.45, 7) is 1.74. The molecule has 1 aromatic carbocycles. The Morgan fingerprint density at radius 1 is 1.33 bits per heavy atom. The smallest absolute Gasteiger partial charge is 0.262 e. The third-order valence-electron chi connectivity index (χ3n) is 2.79. The van der Waals surface area contributed by atoms with Crippen LogP contribution in [0.5, 0.6) is 5.75 Å². The number of pyridine rings is 1. The van der Waals surface area contributed by atoms with Crippen molar-refractivity contribution >= 4 is 28.8 Å². The summed E-state index contributed by atoms with van der Waals surface area (Å²) < 4.78 is 5.40. The van der Waals surface area contributed by atoms with Gasteiger partial charge in [0.15, 0.2) is 6.61 Å². The maximum atomic E-state index is 11.8. The average molecular weight is 301 g/mol. The van der Waals surface area contributed by atoms with Gasteiger partial charge in [-0.3, -0.25) is 9.78 Å². The normalized spacial score (nSPS) is 9.95. The highest BCUT2D eigenvalue weighted by atomic mass is 32.1. The Bertz CT molecular complexity index is 656. The van der Waals surface area contributed by atoms with Crippen molar-refractivity contribution in [3.05, 3.63) is 53.9 Å². The quantitative estimate of drug-likeness (QED) is 0.826. The van der Waals surface area contributed by atoms with E-state index in [1.54, 1.807) is 42.6 Å². The zero-order valence-corrected chi connectivity index (χ0v) is 12.3. The van der Waals surface area contributed by atoms with E-state index in [4.69, 9.17) is 22.7 Å². The number of aromatic nitrogens is 1. The predicted molar refractivity (Wildman–Crippen MR) is 85.4 cm³/mol. The Morgan fingerprint density at radius 2 is 2.05 bits per heavy atom. The highest BCUT2D eigenvalue weighted by Gasteiger charge is 2.06. The summed E-state index contributed by atoms with van der Waals surface area (Å²) >= 11 is 4.86. The monoisotopic (exact) mass is 301 g/mol. The Balaban J connectivity index is 1.89. The summed E-state index contributed by atoms with van der Waals surface area (Å²) in [6.07, 6.45) is 1.67. The van der Waals surface area contributed by atoms with E-state index in [-0.39, 0.29) is 12.5 Å². The average Bonchev–Trinajstić information content (AvgIpc) is 2.48. The molecule has 0 atom stereocenters. The molecule has 0 bridgehead atoms. The van der Waals surface area contributed by atoms with Gasteiger partial charge in [-0.2, -0.15) is 0 Å². The van der Waals surface area contributed by atoms with E-state index in [2.05, 4.69) is 10.3 Å². The molecule has 0 saturated carbocycles. The second kappa shape index (κ2) is 6.81. The molecule has 0 fully saturated rings. The molecule has 5 nitrogen and oxygen atoms in total. The predicted octanol–water partition coefficient (Wildman–Crippen LogP) is 2.04. The van der Waals surface area contributed by atoms with Gasteiger partial charge in [0.05, 0.1) is 11.4 Å². The van der Waals surface area contributed by atoms with Gasteiger partial charge in [-0.25, -0.2) is 0 Å². The maximum absolute atomic E-state index is 11.8. The number of nitrogens with one attached hydrogen (secondary N) is 1. The maximum Gasteiger partial charge on any atom is 0.262 e. The molecule has 0 aliphatic rings. The zero-order chi connectivity index (χ0) is 15.2. The minimum absolute atomic E-state index is 0.0826. The van der Waals surface area contributed by atoms with Crippen molar-refractivity contribution < 1.29 is 9.53 Å². The van der Waals surface area contributed by atoms with E-state index in [1.807, 2.05) is 6.92 Å². The first kappa shape index (κ1) is 14.9. The summed E-state index contributed by atoms with van der Waals surface area (Å²) in [7, 11) is 0. The van der Waals surface area contributed by atoms with Crippen LogP contribution in [0.1, 0.15) is 11.3 Å². The third-order valence-corrected chi connectivity index (χ3v) is 3.03. The number of ether oxygens (including phenoxy) is 1. The number of nitrogens with two attached hydrogens (primary N) is 1. The fourth-order valence-electron chi connectivity index (χ4n) is 1.67. The van der Waals surface area contributed by atoms with E-state index in [9.17, 15) is 4.79 Å². The number of hydrogen-bond donors (Lipinski definition) is 2. The first-order valence-corrected chi connectivity index (χ1v) is 6.71. The van der Waals surface area contributed by atoms with Crippen molar-refractivity contribution in [3.8, 4) is 5.75 Å². The van der Waals surface area contributed by atoms with E-state index in [0.29, 0.717) is 16.4 Å². The number of carbonyl (C=O) groups excluding carboxylic acids is 1. The molecular formula is C15H15N3O2S. The standard InChI is InChI=1S/C15H15N3O2S/c1-10-13(3-2-8-17-10)18-14(19)9-20-12-6-4-11(5-7-12)15(16)21/h2-8H,9H2,1H3,(H2,16,21)(H,18,19). The van der Waals surface area contributed by atoms with Crippen molar-refractivity contribution in [3.63, 3.8) is 0 Å². The fourth-order valence-corrected chi connectivity index (χ4v) is 1.80. The molecule has 0 radical (unpaired) electrons. The van der Waals surface area contributed by atoms with Crippen LogP contribution in [-0.2, 0) is 4.79 Å². The van der Waals surface area contributed by atoms with Gasteiger partial charge in [0.25, 0.3) is 5.91 Å².